The summed E-state index contributed by atoms with van der Waals surface area (Å²) < 4.78 is 37.4. The van der Waals surface area contributed by atoms with Crippen molar-refractivity contribution >= 4 is 29.2 Å². The zero-order valence-corrected chi connectivity index (χ0v) is 11.9. The normalized spacial score (nSPS) is 25.1. The smallest absolute Gasteiger partial charge is 0.165 e. The molecule has 0 saturated heterocycles. The van der Waals surface area contributed by atoms with E-state index in [-0.39, 0.29) is 0 Å². The number of halogens is 3. The molecule has 0 atom stereocenters. The molecule has 0 unspecified atom stereocenters. The van der Waals surface area contributed by atoms with Gasteiger partial charge in [-0.05, 0) is 50.1 Å². The van der Waals surface area contributed by atoms with Crippen LogP contribution in [0.25, 0.3) is 6.08 Å². The number of thioether (sulfide) groups is 1. The summed E-state index contributed by atoms with van der Waals surface area (Å²) in [7, 11) is 0. The highest BCUT2D eigenvalue weighted by atomic mass is 32.2. The van der Waals surface area contributed by atoms with Gasteiger partial charge in [0, 0.05) is 10.1 Å². The summed E-state index contributed by atoms with van der Waals surface area (Å²) in [5.41, 5.74) is 1.20. The highest BCUT2D eigenvalue weighted by Crippen LogP contribution is 2.41. The zero-order valence-electron chi connectivity index (χ0n) is 10.3. The predicted octanol–water partition coefficient (Wildman–Crippen LogP) is 5.31. The van der Waals surface area contributed by atoms with Gasteiger partial charge in [-0.2, -0.15) is 24.9 Å². The maximum absolute atomic E-state index is 12.5. The standard InChI is InChI=1S/C13H15F3S2/c1-8(9-6-11(7-9)17-2)5-10-3-4-12(18-10)13(14,15)16/h3-5,9,11H,6-7H2,1-2H3/b8-5+. The van der Waals surface area contributed by atoms with Crippen molar-refractivity contribution in [1.82, 2.24) is 0 Å². The van der Waals surface area contributed by atoms with Gasteiger partial charge in [0.05, 0.1) is 0 Å². The number of hydrogen-bond acceptors (Lipinski definition) is 2. The lowest BCUT2D eigenvalue weighted by Crippen LogP contribution is -2.26. The Hall–Kier alpha value is -0.420. The van der Waals surface area contributed by atoms with E-state index in [1.807, 2.05) is 24.8 Å². The Morgan fingerprint density at radius 2 is 2.06 bits per heavy atom. The molecule has 1 aliphatic rings. The molecular formula is C13H15F3S2. The van der Waals surface area contributed by atoms with Crippen LogP contribution in [0.4, 0.5) is 13.2 Å². The molecule has 0 bridgehead atoms. The second-order valence-corrected chi connectivity index (χ2v) is 6.87. The van der Waals surface area contributed by atoms with Crippen molar-refractivity contribution in [2.24, 2.45) is 5.92 Å². The average Bonchev–Trinajstić information content (AvgIpc) is 2.63. The van der Waals surface area contributed by atoms with Crippen molar-refractivity contribution in [1.29, 1.82) is 0 Å². The minimum Gasteiger partial charge on any atom is -0.165 e. The van der Waals surface area contributed by atoms with Crippen LogP contribution in [0.5, 0.6) is 0 Å². The molecule has 1 fully saturated rings. The van der Waals surface area contributed by atoms with Crippen LogP contribution >= 0.6 is 23.1 Å². The zero-order chi connectivity index (χ0) is 13.3. The molecule has 1 aliphatic carbocycles. The summed E-state index contributed by atoms with van der Waals surface area (Å²) in [6.07, 6.45) is 2.10. The highest BCUT2D eigenvalue weighted by molar-refractivity contribution is 7.99. The fraction of sp³-hybridized carbons (Fsp3) is 0.538. The van der Waals surface area contributed by atoms with E-state index in [2.05, 4.69) is 6.26 Å². The minimum atomic E-state index is -4.22. The van der Waals surface area contributed by atoms with Crippen LogP contribution in [-0.2, 0) is 6.18 Å². The summed E-state index contributed by atoms with van der Waals surface area (Å²) in [4.78, 5) is 0.185. The first-order valence-electron chi connectivity index (χ1n) is 5.78. The van der Waals surface area contributed by atoms with E-state index in [9.17, 15) is 13.2 Å². The van der Waals surface area contributed by atoms with Crippen LogP contribution in [0, 0.1) is 5.92 Å². The van der Waals surface area contributed by atoms with Gasteiger partial charge in [0.15, 0.2) is 0 Å². The van der Waals surface area contributed by atoms with Crippen LogP contribution in [-0.4, -0.2) is 11.5 Å². The molecule has 0 aliphatic heterocycles. The second kappa shape index (κ2) is 5.29. The number of thiophene rings is 1. The molecule has 2 rings (SSSR count). The van der Waals surface area contributed by atoms with Gasteiger partial charge >= 0.3 is 6.18 Å². The van der Waals surface area contributed by atoms with Gasteiger partial charge in [0.1, 0.15) is 4.88 Å². The van der Waals surface area contributed by atoms with Gasteiger partial charge < -0.3 is 0 Å². The van der Waals surface area contributed by atoms with E-state index in [0.717, 1.165) is 35.5 Å². The first-order chi connectivity index (χ1) is 8.40. The van der Waals surface area contributed by atoms with Crippen molar-refractivity contribution in [3.63, 3.8) is 0 Å². The Labute approximate surface area is 113 Å². The number of hydrogen-bond donors (Lipinski definition) is 0. The van der Waals surface area contributed by atoms with Gasteiger partial charge in [-0.15, -0.1) is 11.3 Å². The third-order valence-corrected chi connectivity index (χ3v) is 5.48. The molecule has 1 saturated carbocycles. The lowest BCUT2D eigenvalue weighted by molar-refractivity contribution is -0.134. The predicted molar refractivity (Wildman–Crippen MR) is 73.0 cm³/mol. The van der Waals surface area contributed by atoms with E-state index < -0.39 is 11.1 Å². The Kier molecular flexibility index (Phi) is 4.11. The summed E-state index contributed by atoms with van der Waals surface area (Å²) >= 11 is 2.69. The molecule has 0 radical (unpaired) electrons. The van der Waals surface area contributed by atoms with Gasteiger partial charge in [-0.1, -0.05) is 5.57 Å². The van der Waals surface area contributed by atoms with E-state index in [4.69, 9.17) is 0 Å². The lowest BCUT2D eigenvalue weighted by atomic mass is 9.79. The van der Waals surface area contributed by atoms with Gasteiger partial charge in [-0.3, -0.25) is 0 Å². The molecule has 0 spiro atoms. The fourth-order valence-corrected chi connectivity index (χ4v) is 3.79. The SMILES string of the molecule is CSC1CC(/C(C)=C/c2ccc(C(F)(F)F)s2)C1. The molecule has 18 heavy (non-hydrogen) atoms. The molecule has 0 aromatic carbocycles. The Morgan fingerprint density at radius 3 is 2.56 bits per heavy atom. The van der Waals surface area contributed by atoms with Crippen molar-refractivity contribution in [2.75, 3.05) is 6.26 Å². The molecular weight excluding hydrogens is 277 g/mol. The summed E-state index contributed by atoms with van der Waals surface area (Å²) in [6.45, 7) is 2.02. The van der Waals surface area contributed by atoms with E-state index in [1.54, 1.807) is 6.07 Å². The third-order valence-electron chi connectivity index (χ3n) is 3.35. The first-order valence-corrected chi connectivity index (χ1v) is 7.88. The first kappa shape index (κ1) is 14.0. The third kappa shape index (κ3) is 3.12. The maximum atomic E-state index is 12.5. The van der Waals surface area contributed by atoms with Gasteiger partial charge in [-0.25, -0.2) is 0 Å². The molecule has 5 heteroatoms. The highest BCUT2D eigenvalue weighted by Gasteiger charge is 2.32. The number of allylic oxidation sites excluding steroid dienone is 1. The Bertz CT molecular complexity index is 439. The van der Waals surface area contributed by atoms with Gasteiger partial charge in [0.2, 0.25) is 0 Å². The molecule has 0 amide bonds. The van der Waals surface area contributed by atoms with Crippen LogP contribution in [0.3, 0.4) is 0 Å². The van der Waals surface area contributed by atoms with E-state index in [0.29, 0.717) is 10.8 Å². The number of alkyl halides is 3. The lowest BCUT2D eigenvalue weighted by Gasteiger charge is -2.34. The largest absolute Gasteiger partial charge is 0.425 e. The Balaban J connectivity index is 2.02. The quantitative estimate of drug-likeness (QED) is 0.727. The van der Waals surface area contributed by atoms with E-state index >= 15 is 0 Å². The molecule has 0 nitrogen and oxygen atoms in total. The fourth-order valence-electron chi connectivity index (χ4n) is 2.05. The topological polar surface area (TPSA) is 0 Å². The average molecular weight is 292 g/mol. The molecule has 1 heterocycles. The molecule has 0 N–H and O–H groups in total. The minimum absolute atomic E-state index is 0.517. The van der Waals surface area contributed by atoms with E-state index in [1.165, 1.54) is 5.57 Å². The van der Waals surface area contributed by atoms with Crippen LogP contribution in [0.2, 0.25) is 0 Å². The van der Waals surface area contributed by atoms with Crippen LogP contribution < -0.4 is 0 Å². The summed E-state index contributed by atoms with van der Waals surface area (Å²) in [5.74, 6) is 0.555. The van der Waals surface area contributed by atoms with Crippen molar-refractivity contribution < 1.29 is 13.2 Å². The Morgan fingerprint density at radius 1 is 1.39 bits per heavy atom. The monoisotopic (exact) mass is 292 g/mol. The summed E-state index contributed by atoms with van der Waals surface area (Å²) in [6, 6.07) is 2.72. The molecule has 100 valence electrons. The van der Waals surface area contributed by atoms with Crippen LogP contribution in [0.15, 0.2) is 17.7 Å². The van der Waals surface area contributed by atoms with Crippen molar-refractivity contribution in [2.45, 2.75) is 31.2 Å². The van der Waals surface area contributed by atoms with Gasteiger partial charge in [0.25, 0.3) is 0 Å². The van der Waals surface area contributed by atoms with Crippen LogP contribution in [0.1, 0.15) is 29.5 Å². The maximum Gasteiger partial charge on any atom is 0.425 e. The molecule has 1 aromatic rings. The second-order valence-electron chi connectivity index (χ2n) is 4.61. The number of rotatable bonds is 3. The van der Waals surface area contributed by atoms with Crippen molar-refractivity contribution in [3.8, 4) is 0 Å². The summed E-state index contributed by atoms with van der Waals surface area (Å²) in [5, 5.41) is 0.729. The molecule has 1 aromatic heterocycles. The van der Waals surface area contributed by atoms with Crippen molar-refractivity contribution in [3.05, 3.63) is 27.5 Å².